The van der Waals surface area contributed by atoms with Crippen LogP contribution in [0.25, 0.3) is 0 Å². The Hall–Kier alpha value is -2.75. The third-order valence-electron chi connectivity index (χ3n) is 4.10. The molecule has 24 heavy (non-hydrogen) atoms. The SMILES string of the molecule is C=CCN1C(=O)C(Cc2cc(C)cc(C)c2)Oc2cc(N)ccc21. The number of anilines is 2. The summed E-state index contributed by atoms with van der Waals surface area (Å²) in [6.45, 7) is 8.31. The molecule has 3 rings (SSSR count). The van der Waals surface area contributed by atoms with Gasteiger partial charge in [0.15, 0.2) is 6.10 Å². The first kappa shape index (κ1) is 16.1. The first-order valence-electron chi connectivity index (χ1n) is 8.03. The van der Waals surface area contributed by atoms with Crippen molar-refractivity contribution in [1.82, 2.24) is 0 Å². The van der Waals surface area contributed by atoms with Gasteiger partial charge in [-0.05, 0) is 31.5 Å². The zero-order valence-electron chi connectivity index (χ0n) is 14.1. The van der Waals surface area contributed by atoms with Gasteiger partial charge in [-0.3, -0.25) is 4.79 Å². The molecular formula is C20H22N2O2. The monoisotopic (exact) mass is 322 g/mol. The number of nitrogens with two attached hydrogens (primary N) is 1. The normalized spacial score (nSPS) is 16.5. The summed E-state index contributed by atoms with van der Waals surface area (Å²) < 4.78 is 5.98. The Bertz CT molecular complexity index is 778. The molecule has 0 aromatic heterocycles. The van der Waals surface area contributed by atoms with Gasteiger partial charge >= 0.3 is 0 Å². The van der Waals surface area contributed by atoms with Crippen LogP contribution in [-0.2, 0) is 11.2 Å². The van der Waals surface area contributed by atoms with Gasteiger partial charge in [0.2, 0.25) is 0 Å². The van der Waals surface area contributed by atoms with Crippen LogP contribution in [0.1, 0.15) is 16.7 Å². The number of amides is 1. The Morgan fingerprint density at radius 2 is 1.92 bits per heavy atom. The fourth-order valence-corrected chi connectivity index (χ4v) is 3.19. The quantitative estimate of drug-likeness (QED) is 0.693. The first-order valence-corrected chi connectivity index (χ1v) is 8.03. The molecule has 1 amide bonds. The zero-order chi connectivity index (χ0) is 17.3. The van der Waals surface area contributed by atoms with Crippen LogP contribution in [0.3, 0.4) is 0 Å². The van der Waals surface area contributed by atoms with E-state index in [1.165, 1.54) is 11.1 Å². The number of rotatable bonds is 4. The number of hydrogen-bond acceptors (Lipinski definition) is 3. The molecule has 1 heterocycles. The Balaban J connectivity index is 1.94. The molecule has 0 radical (unpaired) electrons. The molecule has 0 saturated carbocycles. The average Bonchev–Trinajstić information content (AvgIpc) is 2.50. The molecule has 1 aliphatic heterocycles. The van der Waals surface area contributed by atoms with Gasteiger partial charge in [-0.15, -0.1) is 6.58 Å². The second-order valence-electron chi connectivity index (χ2n) is 6.27. The predicted molar refractivity (Wildman–Crippen MR) is 97.4 cm³/mol. The largest absolute Gasteiger partial charge is 0.478 e. The van der Waals surface area contributed by atoms with Crippen LogP contribution < -0.4 is 15.4 Å². The van der Waals surface area contributed by atoms with E-state index in [0.29, 0.717) is 24.4 Å². The Labute approximate surface area is 142 Å². The molecule has 0 fully saturated rings. The molecule has 1 aliphatic rings. The fourth-order valence-electron chi connectivity index (χ4n) is 3.19. The molecule has 0 spiro atoms. The van der Waals surface area contributed by atoms with Crippen LogP contribution in [0, 0.1) is 13.8 Å². The lowest BCUT2D eigenvalue weighted by atomic mass is 10.0. The lowest BCUT2D eigenvalue weighted by Gasteiger charge is -2.34. The summed E-state index contributed by atoms with van der Waals surface area (Å²) >= 11 is 0. The highest BCUT2D eigenvalue weighted by Crippen LogP contribution is 2.36. The number of nitrogen functional groups attached to an aromatic ring is 1. The molecule has 124 valence electrons. The van der Waals surface area contributed by atoms with E-state index in [1.807, 2.05) is 6.07 Å². The number of carbonyl (C=O) groups excluding carboxylic acids is 1. The number of carbonyl (C=O) groups is 1. The average molecular weight is 322 g/mol. The van der Waals surface area contributed by atoms with Gasteiger partial charge in [0.1, 0.15) is 5.75 Å². The van der Waals surface area contributed by atoms with Gasteiger partial charge in [-0.2, -0.15) is 0 Å². The van der Waals surface area contributed by atoms with Crippen LogP contribution in [-0.4, -0.2) is 18.6 Å². The fraction of sp³-hybridized carbons (Fsp3) is 0.250. The molecule has 4 nitrogen and oxygen atoms in total. The molecule has 2 aromatic carbocycles. The van der Waals surface area contributed by atoms with Crippen molar-refractivity contribution in [3.8, 4) is 5.75 Å². The summed E-state index contributed by atoms with van der Waals surface area (Å²) in [4.78, 5) is 14.6. The number of benzene rings is 2. The number of nitrogens with zero attached hydrogens (tertiary/aromatic N) is 1. The molecule has 1 atom stereocenters. The molecule has 1 unspecified atom stereocenters. The van der Waals surface area contributed by atoms with Gasteiger partial charge in [0.25, 0.3) is 5.91 Å². The van der Waals surface area contributed by atoms with Crippen molar-refractivity contribution in [2.24, 2.45) is 0 Å². The van der Waals surface area contributed by atoms with Crippen molar-refractivity contribution in [2.75, 3.05) is 17.2 Å². The van der Waals surface area contributed by atoms with Crippen molar-refractivity contribution >= 4 is 17.3 Å². The van der Waals surface area contributed by atoms with Crippen molar-refractivity contribution in [3.05, 3.63) is 65.7 Å². The maximum absolute atomic E-state index is 12.9. The van der Waals surface area contributed by atoms with E-state index in [1.54, 1.807) is 23.1 Å². The molecular weight excluding hydrogens is 300 g/mol. The van der Waals surface area contributed by atoms with E-state index >= 15 is 0 Å². The van der Waals surface area contributed by atoms with Crippen molar-refractivity contribution < 1.29 is 9.53 Å². The van der Waals surface area contributed by atoms with Crippen LogP contribution in [0.2, 0.25) is 0 Å². The van der Waals surface area contributed by atoms with Crippen LogP contribution >= 0.6 is 0 Å². The standard InChI is InChI=1S/C20H22N2O2/c1-4-7-22-17-6-5-16(21)12-18(17)24-19(20(22)23)11-15-9-13(2)8-14(3)10-15/h4-6,8-10,12,19H,1,7,11,21H2,2-3H3. The van der Waals surface area contributed by atoms with E-state index in [-0.39, 0.29) is 5.91 Å². The summed E-state index contributed by atoms with van der Waals surface area (Å²) in [5.74, 6) is 0.595. The third-order valence-corrected chi connectivity index (χ3v) is 4.10. The van der Waals surface area contributed by atoms with E-state index in [2.05, 4.69) is 38.6 Å². The Kier molecular flexibility index (Phi) is 4.30. The summed E-state index contributed by atoms with van der Waals surface area (Å²) in [6, 6.07) is 11.7. The van der Waals surface area contributed by atoms with Crippen molar-refractivity contribution in [1.29, 1.82) is 0 Å². The van der Waals surface area contributed by atoms with E-state index < -0.39 is 6.10 Å². The molecule has 0 bridgehead atoms. The number of aryl methyl sites for hydroxylation is 2. The van der Waals surface area contributed by atoms with Gasteiger partial charge < -0.3 is 15.4 Å². The zero-order valence-corrected chi connectivity index (χ0v) is 14.1. The van der Waals surface area contributed by atoms with Gasteiger partial charge in [0.05, 0.1) is 5.69 Å². The van der Waals surface area contributed by atoms with E-state index in [4.69, 9.17) is 10.5 Å². The minimum atomic E-state index is -0.555. The van der Waals surface area contributed by atoms with Gasteiger partial charge in [-0.1, -0.05) is 35.4 Å². The number of ether oxygens (including phenoxy) is 1. The van der Waals surface area contributed by atoms with Gasteiger partial charge in [-0.25, -0.2) is 0 Å². The third kappa shape index (κ3) is 3.13. The van der Waals surface area contributed by atoms with E-state index in [0.717, 1.165) is 11.3 Å². The molecule has 2 aromatic rings. The minimum absolute atomic E-state index is 0.0497. The molecule has 2 N–H and O–H groups in total. The summed E-state index contributed by atoms with van der Waals surface area (Å²) in [6.07, 6.45) is 1.70. The minimum Gasteiger partial charge on any atom is -0.478 e. The molecule has 4 heteroatoms. The first-order chi connectivity index (χ1) is 11.5. The number of fused-ring (bicyclic) bond motifs is 1. The Morgan fingerprint density at radius 3 is 2.58 bits per heavy atom. The number of hydrogen-bond donors (Lipinski definition) is 1. The smallest absolute Gasteiger partial charge is 0.268 e. The highest BCUT2D eigenvalue weighted by molar-refractivity contribution is 6.00. The highest BCUT2D eigenvalue weighted by atomic mass is 16.5. The Morgan fingerprint density at radius 1 is 1.21 bits per heavy atom. The topological polar surface area (TPSA) is 55.6 Å². The highest BCUT2D eigenvalue weighted by Gasteiger charge is 2.34. The van der Waals surface area contributed by atoms with Crippen LogP contribution in [0.15, 0.2) is 49.1 Å². The lowest BCUT2D eigenvalue weighted by molar-refractivity contribution is -0.126. The second-order valence-corrected chi connectivity index (χ2v) is 6.27. The summed E-state index contributed by atoms with van der Waals surface area (Å²) in [5, 5.41) is 0. The van der Waals surface area contributed by atoms with E-state index in [9.17, 15) is 4.79 Å². The van der Waals surface area contributed by atoms with Crippen molar-refractivity contribution in [3.63, 3.8) is 0 Å². The molecule has 0 saturated heterocycles. The van der Waals surface area contributed by atoms with Crippen LogP contribution in [0.5, 0.6) is 5.75 Å². The van der Waals surface area contributed by atoms with Crippen molar-refractivity contribution in [2.45, 2.75) is 26.4 Å². The van der Waals surface area contributed by atoms with Gasteiger partial charge in [0, 0.05) is 24.7 Å². The summed E-state index contributed by atoms with van der Waals surface area (Å²) in [7, 11) is 0. The summed E-state index contributed by atoms with van der Waals surface area (Å²) in [5.41, 5.74) is 10.7. The second kappa shape index (κ2) is 6.40. The maximum Gasteiger partial charge on any atom is 0.268 e. The molecule has 0 aliphatic carbocycles. The lowest BCUT2D eigenvalue weighted by Crippen LogP contribution is -2.47. The predicted octanol–water partition coefficient (Wildman–Crippen LogP) is 3.41. The maximum atomic E-state index is 12.9. The van der Waals surface area contributed by atoms with Crippen LogP contribution in [0.4, 0.5) is 11.4 Å².